The van der Waals surface area contributed by atoms with Crippen LogP contribution in [0, 0.1) is 11.6 Å². The number of hydrogen-bond donors (Lipinski definition) is 4. The number of aliphatic hydroxyl groups is 1. The maximum Gasteiger partial charge on any atom is 0.323 e. The van der Waals surface area contributed by atoms with Crippen LogP contribution in [-0.2, 0) is 0 Å². The first-order chi connectivity index (χ1) is 16.0. The molecule has 0 aliphatic carbocycles. The second kappa shape index (κ2) is 9.88. The van der Waals surface area contributed by atoms with Crippen LogP contribution in [0.25, 0.3) is 11.0 Å². The van der Waals surface area contributed by atoms with E-state index in [1.165, 1.54) is 30.3 Å². The summed E-state index contributed by atoms with van der Waals surface area (Å²) in [5, 5.41) is 16.8. The molecule has 168 valence electrons. The lowest BCUT2D eigenvalue weighted by atomic mass is 10.2. The number of halogens is 2. The van der Waals surface area contributed by atoms with Crippen LogP contribution in [0.5, 0.6) is 11.5 Å². The van der Waals surface area contributed by atoms with E-state index in [0.29, 0.717) is 29.1 Å². The molecular weight excluding hydrogens is 432 g/mol. The van der Waals surface area contributed by atoms with Crippen molar-refractivity contribution in [3.63, 3.8) is 0 Å². The standard InChI is InChI=1S/C23H19F2N5O3/c24-14-2-1-3-15(10-14)28-23(32)29-16-4-7-21(18(25)11-16)33-17-5-6-19-20(12-17)30-22(13-27-19)26-8-9-31/h1-7,10-13,31H,8-9H2,(H,26,30)(H2,28,29,32). The maximum absolute atomic E-state index is 14.6. The zero-order valence-corrected chi connectivity index (χ0v) is 17.2. The van der Waals surface area contributed by atoms with Crippen LogP contribution >= 0.6 is 0 Å². The molecule has 0 unspecified atom stereocenters. The summed E-state index contributed by atoms with van der Waals surface area (Å²) in [6.07, 6.45) is 1.55. The molecular formula is C23H19F2N5O3. The van der Waals surface area contributed by atoms with Crippen LogP contribution in [0.4, 0.5) is 30.8 Å². The molecule has 4 rings (SSSR count). The van der Waals surface area contributed by atoms with Crippen molar-refractivity contribution in [2.24, 2.45) is 0 Å². The van der Waals surface area contributed by atoms with Crippen molar-refractivity contribution >= 4 is 34.3 Å². The Bertz CT molecular complexity index is 1300. The molecule has 33 heavy (non-hydrogen) atoms. The number of anilines is 3. The minimum atomic E-state index is -0.692. The fourth-order valence-electron chi connectivity index (χ4n) is 2.97. The fourth-order valence-corrected chi connectivity index (χ4v) is 2.97. The van der Waals surface area contributed by atoms with Crippen molar-refractivity contribution < 1.29 is 23.4 Å². The van der Waals surface area contributed by atoms with Crippen LogP contribution in [-0.4, -0.2) is 34.3 Å². The quantitative estimate of drug-likeness (QED) is 0.323. The van der Waals surface area contributed by atoms with E-state index in [1.807, 2.05) is 0 Å². The van der Waals surface area contributed by atoms with E-state index in [0.717, 1.165) is 12.1 Å². The molecule has 4 aromatic rings. The first-order valence-electron chi connectivity index (χ1n) is 9.93. The van der Waals surface area contributed by atoms with E-state index in [9.17, 15) is 13.6 Å². The summed E-state index contributed by atoms with van der Waals surface area (Å²) < 4.78 is 33.4. The predicted octanol–water partition coefficient (Wildman–Crippen LogP) is 4.75. The average molecular weight is 451 g/mol. The molecule has 0 saturated heterocycles. The summed E-state index contributed by atoms with van der Waals surface area (Å²) in [6, 6.07) is 13.7. The highest BCUT2D eigenvalue weighted by Crippen LogP contribution is 2.28. The van der Waals surface area contributed by atoms with Crippen LogP contribution in [0.15, 0.2) is 66.9 Å². The van der Waals surface area contributed by atoms with Gasteiger partial charge in [0.05, 0.1) is 23.8 Å². The number of amides is 2. The number of hydrogen-bond acceptors (Lipinski definition) is 6. The van der Waals surface area contributed by atoms with E-state index in [-0.39, 0.29) is 23.7 Å². The van der Waals surface area contributed by atoms with Crippen LogP contribution < -0.4 is 20.7 Å². The number of nitrogens with one attached hydrogen (secondary N) is 3. The second-order valence-electron chi connectivity index (χ2n) is 6.89. The Balaban J connectivity index is 1.44. The monoisotopic (exact) mass is 451 g/mol. The Hall–Kier alpha value is -4.31. The van der Waals surface area contributed by atoms with Crippen LogP contribution in [0.2, 0.25) is 0 Å². The lowest BCUT2D eigenvalue weighted by Gasteiger charge is -2.11. The smallest absolute Gasteiger partial charge is 0.323 e. The molecule has 0 atom stereocenters. The molecule has 10 heteroatoms. The summed E-state index contributed by atoms with van der Waals surface area (Å²) >= 11 is 0. The number of ether oxygens (including phenoxy) is 1. The van der Waals surface area contributed by atoms with Crippen molar-refractivity contribution in [1.29, 1.82) is 0 Å². The summed E-state index contributed by atoms with van der Waals surface area (Å²) in [5.41, 5.74) is 1.61. The van der Waals surface area contributed by atoms with Crippen molar-refractivity contribution in [3.8, 4) is 11.5 Å². The molecule has 3 aromatic carbocycles. The van der Waals surface area contributed by atoms with Gasteiger partial charge in [0.1, 0.15) is 17.4 Å². The molecule has 0 aliphatic heterocycles. The average Bonchev–Trinajstić information content (AvgIpc) is 2.79. The third-order valence-corrected chi connectivity index (χ3v) is 4.43. The van der Waals surface area contributed by atoms with E-state index in [4.69, 9.17) is 9.84 Å². The highest BCUT2D eigenvalue weighted by Gasteiger charge is 2.10. The minimum absolute atomic E-state index is 0.0422. The molecule has 8 nitrogen and oxygen atoms in total. The molecule has 0 fully saturated rings. The number of fused-ring (bicyclic) bond motifs is 1. The number of benzene rings is 3. The topological polar surface area (TPSA) is 108 Å². The number of carbonyl (C=O) groups excluding carboxylic acids is 1. The molecule has 2 amide bonds. The Morgan fingerprint density at radius 1 is 0.970 bits per heavy atom. The Kier molecular flexibility index (Phi) is 6.56. The van der Waals surface area contributed by atoms with Gasteiger partial charge in [-0.1, -0.05) is 6.07 Å². The van der Waals surface area contributed by atoms with Crippen molar-refractivity contribution in [3.05, 3.63) is 78.5 Å². The zero-order valence-electron chi connectivity index (χ0n) is 17.2. The van der Waals surface area contributed by atoms with E-state index < -0.39 is 17.7 Å². The lowest BCUT2D eigenvalue weighted by molar-refractivity contribution is 0.262. The normalized spacial score (nSPS) is 10.6. The Labute approximate surface area is 187 Å². The van der Waals surface area contributed by atoms with Gasteiger partial charge in [-0.25, -0.2) is 18.6 Å². The third kappa shape index (κ3) is 5.69. The van der Waals surface area contributed by atoms with Crippen LogP contribution in [0.3, 0.4) is 0 Å². The number of aromatic nitrogens is 2. The summed E-state index contributed by atoms with van der Waals surface area (Å²) in [7, 11) is 0. The first-order valence-corrected chi connectivity index (χ1v) is 9.93. The van der Waals surface area contributed by atoms with Crippen molar-refractivity contribution in [2.75, 3.05) is 29.1 Å². The first kappa shape index (κ1) is 21.9. The van der Waals surface area contributed by atoms with Crippen LogP contribution in [0.1, 0.15) is 0 Å². The number of rotatable bonds is 7. The third-order valence-electron chi connectivity index (χ3n) is 4.43. The predicted molar refractivity (Wildman–Crippen MR) is 121 cm³/mol. The summed E-state index contributed by atoms with van der Waals surface area (Å²) in [5.74, 6) is -0.389. The molecule has 1 heterocycles. The van der Waals surface area contributed by atoms with Gasteiger partial charge in [-0.2, -0.15) is 0 Å². The molecule has 1 aromatic heterocycles. The van der Waals surface area contributed by atoms with Gasteiger partial charge >= 0.3 is 6.03 Å². The van der Waals surface area contributed by atoms with Gasteiger partial charge in [-0.05, 0) is 42.5 Å². The van der Waals surface area contributed by atoms with Crippen molar-refractivity contribution in [1.82, 2.24) is 9.97 Å². The fraction of sp³-hybridized carbons (Fsp3) is 0.0870. The number of nitrogens with zero attached hydrogens (tertiary/aromatic N) is 2. The Morgan fingerprint density at radius 2 is 1.79 bits per heavy atom. The van der Waals surface area contributed by atoms with Crippen molar-refractivity contribution in [2.45, 2.75) is 0 Å². The van der Waals surface area contributed by atoms with E-state index in [1.54, 1.807) is 24.4 Å². The number of aliphatic hydroxyl groups excluding tert-OH is 1. The largest absolute Gasteiger partial charge is 0.454 e. The van der Waals surface area contributed by atoms with Gasteiger partial charge in [0, 0.05) is 30.1 Å². The second-order valence-corrected chi connectivity index (χ2v) is 6.89. The minimum Gasteiger partial charge on any atom is -0.454 e. The number of carbonyl (C=O) groups is 1. The highest BCUT2D eigenvalue weighted by atomic mass is 19.1. The maximum atomic E-state index is 14.6. The summed E-state index contributed by atoms with van der Waals surface area (Å²) in [4.78, 5) is 20.7. The van der Waals surface area contributed by atoms with Gasteiger partial charge in [-0.3, -0.25) is 4.98 Å². The molecule has 4 N–H and O–H groups in total. The summed E-state index contributed by atoms with van der Waals surface area (Å²) in [6.45, 7) is 0.293. The van der Waals surface area contributed by atoms with E-state index >= 15 is 0 Å². The molecule has 0 aliphatic rings. The van der Waals surface area contributed by atoms with Gasteiger partial charge < -0.3 is 25.8 Å². The molecule has 0 bridgehead atoms. The van der Waals surface area contributed by atoms with Gasteiger partial charge in [0.25, 0.3) is 0 Å². The highest BCUT2D eigenvalue weighted by molar-refractivity contribution is 5.99. The Morgan fingerprint density at radius 3 is 2.55 bits per heavy atom. The number of urea groups is 1. The molecule has 0 radical (unpaired) electrons. The van der Waals surface area contributed by atoms with Gasteiger partial charge in [0.2, 0.25) is 0 Å². The molecule has 0 spiro atoms. The zero-order chi connectivity index (χ0) is 23.2. The molecule has 0 saturated carbocycles. The van der Waals surface area contributed by atoms with Gasteiger partial charge in [-0.15, -0.1) is 0 Å². The van der Waals surface area contributed by atoms with Gasteiger partial charge in [0.15, 0.2) is 11.6 Å². The lowest BCUT2D eigenvalue weighted by Crippen LogP contribution is -2.19. The van der Waals surface area contributed by atoms with E-state index in [2.05, 4.69) is 25.9 Å². The SMILES string of the molecule is O=C(Nc1cccc(F)c1)Nc1ccc(Oc2ccc3ncc(NCCO)nc3c2)c(F)c1.